The summed E-state index contributed by atoms with van der Waals surface area (Å²) >= 11 is 3.40. The van der Waals surface area contributed by atoms with Crippen molar-refractivity contribution in [3.63, 3.8) is 0 Å². The minimum Gasteiger partial charge on any atom is -0.494 e. The largest absolute Gasteiger partial charge is 0.494 e. The topological polar surface area (TPSA) is 96.0 Å². The molecule has 1 atom stereocenters. The number of sulfonamides is 1. The highest BCUT2D eigenvalue weighted by Gasteiger charge is 2.32. The van der Waals surface area contributed by atoms with Crippen LogP contribution in [0.1, 0.15) is 26.3 Å². The zero-order valence-corrected chi connectivity index (χ0v) is 24.0. The summed E-state index contributed by atoms with van der Waals surface area (Å²) in [5.74, 6) is -0.252. The van der Waals surface area contributed by atoms with Crippen LogP contribution in [0.3, 0.4) is 0 Å². The van der Waals surface area contributed by atoms with Crippen LogP contribution in [-0.4, -0.2) is 50.9 Å². The molecule has 0 spiro atoms. The Labute approximate surface area is 232 Å². The molecular formula is C28H32BrN3O5S. The van der Waals surface area contributed by atoms with Gasteiger partial charge in [0.05, 0.1) is 17.2 Å². The molecule has 0 bridgehead atoms. The number of ether oxygens (including phenoxy) is 1. The van der Waals surface area contributed by atoms with Crippen LogP contribution in [0.4, 0.5) is 5.69 Å². The molecule has 8 nitrogen and oxygen atoms in total. The number of hydrogen-bond acceptors (Lipinski definition) is 5. The third-order valence-electron chi connectivity index (χ3n) is 5.83. The molecule has 3 aromatic rings. The van der Waals surface area contributed by atoms with E-state index in [1.165, 1.54) is 17.0 Å². The van der Waals surface area contributed by atoms with Gasteiger partial charge in [-0.2, -0.15) is 0 Å². The smallest absolute Gasteiger partial charge is 0.264 e. The van der Waals surface area contributed by atoms with Gasteiger partial charge in [0.1, 0.15) is 18.3 Å². The second-order valence-electron chi connectivity index (χ2n) is 8.47. The number of hydrogen-bond donors (Lipinski definition) is 1. The molecule has 38 heavy (non-hydrogen) atoms. The molecule has 0 aromatic heterocycles. The summed E-state index contributed by atoms with van der Waals surface area (Å²) in [4.78, 5) is 28.0. The van der Waals surface area contributed by atoms with Crippen LogP contribution in [0.15, 0.2) is 88.2 Å². The summed E-state index contributed by atoms with van der Waals surface area (Å²) < 4.78 is 34.9. The monoisotopic (exact) mass is 601 g/mol. The number of anilines is 1. The Balaban J connectivity index is 2.01. The number of amides is 2. The van der Waals surface area contributed by atoms with E-state index in [1.54, 1.807) is 56.3 Å². The lowest BCUT2D eigenvalue weighted by atomic mass is 10.1. The Kier molecular flexibility index (Phi) is 10.3. The third-order valence-corrected chi connectivity index (χ3v) is 8.15. The number of halogens is 1. The van der Waals surface area contributed by atoms with E-state index in [0.717, 1.165) is 14.3 Å². The summed E-state index contributed by atoms with van der Waals surface area (Å²) in [5.41, 5.74) is 1.11. The van der Waals surface area contributed by atoms with Crippen molar-refractivity contribution in [1.29, 1.82) is 0 Å². The second kappa shape index (κ2) is 13.4. The first kappa shape index (κ1) is 29.2. The van der Waals surface area contributed by atoms with Gasteiger partial charge in [-0.3, -0.25) is 13.9 Å². The molecule has 0 aliphatic carbocycles. The van der Waals surface area contributed by atoms with Gasteiger partial charge in [0.15, 0.2) is 0 Å². The maximum atomic E-state index is 13.8. The van der Waals surface area contributed by atoms with Gasteiger partial charge in [-0.15, -0.1) is 0 Å². The highest BCUT2D eigenvalue weighted by atomic mass is 79.9. The van der Waals surface area contributed by atoms with Crippen molar-refractivity contribution in [1.82, 2.24) is 10.2 Å². The van der Waals surface area contributed by atoms with Gasteiger partial charge >= 0.3 is 0 Å². The molecule has 0 saturated carbocycles. The van der Waals surface area contributed by atoms with Crippen LogP contribution in [-0.2, 0) is 26.2 Å². The molecule has 3 aromatic carbocycles. The van der Waals surface area contributed by atoms with Crippen molar-refractivity contribution in [3.8, 4) is 5.75 Å². The lowest BCUT2D eigenvalue weighted by molar-refractivity contribution is -0.139. The van der Waals surface area contributed by atoms with Gasteiger partial charge in [-0.05, 0) is 74.9 Å². The molecule has 0 radical (unpaired) electrons. The molecule has 10 heteroatoms. The van der Waals surface area contributed by atoms with Crippen LogP contribution in [0.5, 0.6) is 5.75 Å². The third kappa shape index (κ3) is 7.35. The first-order valence-corrected chi connectivity index (χ1v) is 14.5. The van der Waals surface area contributed by atoms with Crippen molar-refractivity contribution >= 4 is 43.5 Å². The molecule has 0 heterocycles. The van der Waals surface area contributed by atoms with Crippen molar-refractivity contribution in [2.24, 2.45) is 0 Å². The van der Waals surface area contributed by atoms with E-state index in [9.17, 15) is 18.0 Å². The maximum absolute atomic E-state index is 13.8. The highest BCUT2D eigenvalue weighted by molar-refractivity contribution is 9.10. The predicted molar refractivity (Wildman–Crippen MR) is 151 cm³/mol. The maximum Gasteiger partial charge on any atom is 0.264 e. The van der Waals surface area contributed by atoms with Gasteiger partial charge in [0.25, 0.3) is 10.0 Å². The van der Waals surface area contributed by atoms with Crippen LogP contribution in [0, 0.1) is 0 Å². The number of nitrogens with one attached hydrogen (secondary N) is 1. The van der Waals surface area contributed by atoms with Crippen LogP contribution >= 0.6 is 15.9 Å². The predicted octanol–water partition coefficient (Wildman–Crippen LogP) is 4.60. The number of likely N-dealkylation sites (N-methyl/N-ethyl adjacent to an activating group) is 1. The number of benzene rings is 3. The molecule has 0 aliphatic heterocycles. The average Bonchev–Trinajstić information content (AvgIpc) is 2.92. The minimum absolute atomic E-state index is 0.0536. The Hall–Kier alpha value is -3.37. The van der Waals surface area contributed by atoms with E-state index < -0.39 is 28.5 Å². The number of carbonyl (C=O) groups excluding carboxylic acids is 2. The zero-order valence-electron chi connectivity index (χ0n) is 21.6. The van der Waals surface area contributed by atoms with Crippen molar-refractivity contribution in [2.75, 3.05) is 24.0 Å². The lowest BCUT2D eigenvalue weighted by Crippen LogP contribution is -2.51. The van der Waals surface area contributed by atoms with E-state index in [2.05, 4.69) is 21.2 Å². The van der Waals surface area contributed by atoms with E-state index in [0.29, 0.717) is 24.6 Å². The Morgan fingerprint density at radius 2 is 1.58 bits per heavy atom. The van der Waals surface area contributed by atoms with Crippen LogP contribution < -0.4 is 14.4 Å². The number of rotatable bonds is 12. The summed E-state index contributed by atoms with van der Waals surface area (Å²) in [6.07, 6.45) is 0. The number of nitrogens with zero attached hydrogens (tertiary/aromatic N) is 2. The fourth-order valence-corrected chi connectivity index (χ4v) is 5.51. The summed E-state index contributed by atoms with van der Waals surface area (Å²) in [6, 6.07) is 21.0. The molecule has 0 unspecified atom stereocenters. The van der Waals surface area contributed by atoms with Crippen molar-refractivity contribution in [3.05, 3.63) is 88.9 Å². The zero-order chi connectivity index (χ0) is 27.7. The van der Waals surface area contributed by atoms with Gasteiger partial charge in [-0.25, -0.2) is 8.42 Å². The van der Waals surface area contributed by atoms with Crippen molar-refractivity contribution in [2.45, 2.75) is 38.3 Å². The summed E-state index contributed by atoms with van der Waals surface area (Å²) in [6.45, 7) is 5.80. The standard InChI is InChI=1S/C28H32BrN3O5S/c1-4-30-28(34)21(3)31(19-22-11-13-23(29)14-12-22)27(33)20-32(24-15-17-25(18-16-24)37-5-2)38(35,36)26-9-7-6-8-10-26/h6-18,21H,4-5,19-20H2,1-3H3,(H,30,34)/t21-/m1/s1. The van der Waals surface area contributed by atoms with E-state index in [-0.39, 0.29) is 17.3 Å². The molecule has 0 saturated heterocycles. The highest BCUT2D eigenvalue weighted by Crippen LogP contribution is 2.26. The Morgan fingerprint density at radius 3 is 2.16 bits per heavy atom. The molecular weight excluding hydrogens is 570 g/mol. The molecule has 1 N–H and O–H groups in total. The first-order chi connectivity index (χ1) is 18.2. The van der Waals surface area contributed by atoms with Gasteiger partial charge in [-0.1, -0.05) is 46.3 Å². The number of carbonyl (C=O) groups is 2. The second-order valence-corrected chi connectivity index (χ2v) is 11.2. The van der Waals surface area contributed by atoms with Gasteiger partial charge < -0.3 is 15.0 Å². The first-order valence-electron chi connectivity index (χ1n) is 12.3. The van der Waals surface area contributed by atoms with E-state index in [4.69, 9.17) is 4.74 Å². The minimum atomic E-state index is -4.10. The van der Waals surface area contributed by atoms with Crippen LogP contribution in [0.2, 0.25) is 0 Å². The fraction of sp³-hybridized carbons (Fsp3) is 0.286. The SMILES string of the molecule is CCNC(=O)[C@@H](C)N(Cc1ccc(Br)cc1)C(=O)CN(c1ccc(OCC)cc1)S(=O)(=O)c1ccccc1. The van der Waals surface area contributed by atoms with Gasteiger partial charge in [0, 0.05) is 17.6 Å². The molecule has 202 valence electrons. The lowest BCUT2D eigenvalue weighted by Gasteiger charge is -2.32. The quantitative estimate of drug-likeness (QED) is 0.327. The van der Waals surface area contributed by atoms with Gasteiger partial charge in [0.2, 0.25) is 11.8 Å². The summed E-state index contributed by atoms with van der Waals surface area (Å²) in [5, 5.41) is 2.75. The Bertz CT molecular complexity index is 1320. The van der Waals surface area contributed by atoms with Crippen LogP contribution in [0.25, 0.3) is 0 Å². The normalized spacial score (nSPS) is 11.9. The molecule has 0 aliphatic rings. The molecule has 3 rings (SSSR count). The van der Waals surface area contributed by atoms with E-state index >= 15 is 0 Å². The fourth-order valence-electron chi connectivity index (χ4n) is 3.81. The van der Waals surface area contributed by atoms with E-state index in [1.807, 2.05) is 31.2 Å². The molecule has 2 amide bonds. The van der Waals surface area contributed by atoms with Crippen molar-refractivity contribution < 1.29 is 22.7 Å². The Morgan fingerprint density at radius 1 is 0.947 bits per heavy atom. The summed E-state index contributed by atoms with van der Waals surface area (Å²) in [7, 11) is -4.10. The average molecular weight is 603 g/mol. The molecule has 0 fully saturated rings.